The maximum Gasteiger partial charge on any atom is 0.162 e. The normalized spacial score (nSPS) is 10.1. The number of nitrogens with one attached hydrogen (secondary N) is 1. The molecule has 0 atom stereocenters. The Labute approximate surface area is 118 Å². The molecule has 2 aromatic rings. The fourth-order valence-corrected chi connectivity index (χ4v) is 2.00. The molecule has 0 radical (unpaired) electrons. The fourth-order valence-electron chi connectivity index (χ4n) is 1.78. The first-order valence-corrected chi connectivity index (χ1v) is 6.31. The van der Waals surface area contributed by atoms with Crippen LogP contribution in [0.4, 0.5) is 5.69 Å². The van der Waals surface area contributed by atoms with Crippen molar-refractivity contribution in [2.75, 3.05) is 19.5 Å². The van der Waals surface area contributed by atoms with E-state index in [4.69, 9.17) is 21.1 Å². The zero-order chi connectivity index (χ0) is 13.7. The van der Waals surface area contributed by atoms with Crippen LogP contribution in [0.2, 0.25) is 5.02 Å². The topological polar surface area (TPSA) is 30.5 Å². The van der Waals surface area contributed by atoms with Gasteiger partial charge in [-0.3, -0.25) is 0 Å². The van der Waals surface area contributed by atoms with Crippen LogP contribution < -0.4 is 14.8 Å². The molecule has 0 amide bonds. The lowest BCUT2D eigenvalue weighted by molar-refractivity contribution is 0.355. The van der Waals surface area contributed by atoms with E-state index < -0.39 is 0 Å². The molecule has 0 aliphatic heterocycles. The molecule has 1 N–H and O–H groups in total. The van der Waals surface area contributed by atoms with Crippen LogP contribution >= 0.6 is 11.6 Å². The SMILES string of the molecule is COc1cc(Cl)c(NCc2ccccc2)cc1OC. The van der Waals surface area contributed by atoms with Gasteiger partial charge in [-0.05, 0) is 5.56 Å². The van der Waals surface area contributed by atoms with Crippen molar-refractivity contribution in [3.05, 3.63) is 53.1 Å². The molecule has 4 heteroatoms. The van der Waals surface area contributed by atoms with Gasteiger partial charge >= 0.3 is 0 Å². The van der Waals surface area contributed by atoms with Crippen molar-refractivity contribution < 1.29 is 9.47 Å². The number of methoxy groups -OCH3 is 2. The molecule has 0 saturated heterocycles. The Kier molecular flexibility index (Phi) is 4.53. The van der Waals surface area contributed by atoms with Gasteiger partial charge < -0.3 is 14.8 Å². The van der Waals surface area contributed by atoms with E-state index in [9.17, 15) is 0 Å². The molecule has 3 nitrogen and oxygen atoms in total. The van der Waals surface area contributed by atoms with Crippen molar-refractivity contribution in [1.29, 1.82) is 0 Å². The summed E-state index contributed by atoms with van der Waals surface area (Å²) in [4.78, 5) is 0. The van der Waals surface area contributed by atoms with Crippen molar-refractivity contribution in [2.45, 2.75) is 6.54 Å². The molecule has 0 aliphatic rings. The highest BCUT2D eigenvalue weighted by atomic mass is 35.5. The van der Waals surface area contributed by atoms with Gasteiger partial charge in [0.15, 0.2) is 11.5 Å². The van der Waals surface area contributed by atoms with E-state index in [-0.39, 0.29) is 0 Å². The minimum Gasteiger partial charge on any atom is -0.493 e. The Morgan fingerprint density at radius 2 is 1.63 bits per heavy atom. The van der Waals surface area contributed by atoms with Gasteiger partial charge in [0, 0.05) is 18.7 Å². The number of halogens is 1. The van der Waals surface area contributed by atoms with Crippen LogP contribution in [-0.2, 0) is 6.54 Å². The van der Waals surface area contributed by atoms with Crippen molar-refractivity contribution in [3.8, 4) is 11.5 Å². The lowest BCUT2D eigenvalue weighted by atomic mass is 10.2. The highest BCUT2D eigenvalue weighted by Gasteiger charge is 2.09. The number of ether oxygens (including phenoxy) is 2. The standard InChI is InChI=1S/C15H16ClNO2/c1-18-14-8-12(16)13(9-15(14)19-2)17-10-11-6-4-3-5-7-11/h3-9,17H,10H2,1-2H3. The van der Waals surface area contributed by atoms with Crippen molar-refractivity contribution in [2.24, 2.45) is 0 Å². The summed E-state index contributed by atoms with van der Waals surface area (Å²) in [5, 5.41) is 3.89. The van der Waals surface area contributed by atoms with Gasteiger partial charge in [-0.1, -0.05) is 41.9 Å². The van der Waals surface area contributed by atoms with E-state index in [1.165, 1.54) is 5.56 Å². The first kappa shape index (κ1) is 13.6. The zero-order valence-corrected chi connectivity index (χ0v) is 11.7. The van der Waals surface area contributed by atoms with Gasteiger partial charge in [-0.25, -0.2) is 0 Å². The van der Waals surface area contributed by atoms with Gasteiger partial charge in [0.1, 0.15) is 0 Å². The molecule has 0 fully saturated rings. The summed E-state index contributed by atoms with van der Waals surface area (Å²) in [6, 6.07) is 13.7. The first-order valence-electron chi connectivity index (χ1n) is 5.94. The van der Waals surface area contributed by atoms with Gasteiger partial charge in [0.2, 0.25) is 0 Å². The number of hydrogen-bond acceptors (Lipinski definition) is 3. The molecule has 2 rings (SSSR count). The number of anilines is 1. The highest BCUT2D eigenvalue weighted by molar-refractivity contribution is 6.33. The van der Waals surface area contributed by atoms with Crippen LogP contribution in [0.3, 0.4) is 0 Å². The van der Waals surface area contributed by atoms with Gasteiger partial charge in [0.25, 0.3) is 0 Å². The van der Waals surface area contributed by atoms with Crippen molar-refractivity contribution in [3.63, 3.8) is 0 Å². The molecule has 0 unspecified atom stereocenters. The summed E-state index contributed by atoms with van der Waals surface area (Å²) in [6.07, 6.45) is 0. The number of benzene rings is 2. The molecule has 2 aromatic carbocycles. The van der Waals surface area contributed by atoms with Crippen LogP contribution in [0, 0.1) is 0 Å². The highest BCUT2D eigenvalue weighted by Crippen LogP contribution is 2.36. The lowest BCUT2D eigenvalue weighted by Gasteiger charge is -2.13. The third-order valence-corrected chi connectivity index (χ3v) is 3.11. The van der Waals surface area contributed by atoms with E-state index in [1.54, 1.807) is 20.3 Å². The molecule has 0 aromatic heterocycles. The number of rotatable bonds is 5. The molecule has 100 valence electrons. The number of hydrogen-bond donors (Lipinski definition) is 1. The summed E-state index contributed by atoms with van der Waals surface area (Å²) in [7, 11) is 3.19. The van der Waals surface area contributed by atoms with E-state index >= 15 is 0 Å². The van der Waals surface area contributed by atoms with E-state index in [2.05, 4.69) is 17.4 Å². The van der Waals surface area contributed by atoms with Crippen LogP contribution in [-0.4, -0.2) is 14.2 Å². The molecule has 0 heterocycles. The summed E-state index contributed by atoms with van der Waals surface area (Å²) in [5.41, 5.74) is 2.01. The molecule has 0 spiro atoms. The minimum absolute atomic E-state index is 0.605. The average molecular weight is 278 g/mol. The minimum atomic E-state index is 0.605. The van der Waals surface area contributed by atoms with E-state index in [1.807, 2.05) is 24.3 Å². The summed E-state index contributed by atoms with van der Waals surface area (Å²) >= 11 is 6.21. The largest absolute Gasteiger partial charge is 0.493 e. The quantitative estimate of drug-likeness (QED) is 0.897. The van der Waals surface area contributed by atoms with Crippen molar-refractivity contribution >= 4 is 17.3 Å². The van der Waals surface area contributed by atoms with E-state index in [0.717, 1.165) is 5.69 Å². The molecule has 0 aliphatic carbocycles. The second kappa shape index (κ2) is 6.34. The Hall–Kier alpha value is -1.87. The Morgan fingerprint density at radius 1 is 1.00 bits per heavy atom. The fraction of sp³-hybridized carbons (Fsp3) is 0.200. The van der Waals surface area contributed by atoms with Crippen LogP contribution in [0.25, 0.3) is 0 Å². The maximum absolute atomic E-state index is 6.21. The third-order valence-electron chi connectivity index (χ3n) is 2.80. The van der Waals surface area contributed by atoms with Gasteiger partial charge in [0.05, 0.1) is 24.9 Å². The molecular weight excluding hydrogens is 262 g/mol. The second-order valence-corrected chi connectivity index (χ2v) is 4.43. The summed E-state index contributed by atoms with van der Waals surface area (Å²) in [5.74, 6) is 1.28. The van der Waals surface area contributed by atoms with Gasteiger partial charge in [-0.15, -0.1) is 0 Å². The molecule has 0 bridgehead atoms. The summed E-state index contributed by atoms with van der Waals surface area (Å²) < 4.78 is 10.5. The van der Waals surface area contributed by atoms with Gasteiger partial charge in [-0.2, -0.15) is 0 Å². The maximum atomic E-state index is 6.21. The van der Waals surface area contributed by atoms with Crippen LogP contribution in [0.15, 0.2) is 42.5 Å². The van der Waals surface area contributed by atoms with Crippen LogP contribution in [0.1, 0.15) is 5.56 Å². The third kappa shape index (κ3) is 3.32. The smallest absolute Gasteiger partial charge is 0.162 e. The lowest BCUT2D eigenvalue weighted by Crippen LogP contribution is -2.01. The Morgan fingerprint density at radius 3 is 2.26 bits per heavy atom. The summed E-state index contributed by atoms with van der Waals surface area (Å²) in [6.45, 7) is 0.704. The monoisotopic (exact) mass is 277 g/mol. The second-order valence-electron chi connectivity index (χ2n) is 4.03. The Balaban J connectivity index is 2.16. The molecule has 0 saturated carbocycles. The predicted octanol–water partition coefficient (Wildman–Crippen LogP) is 3.97. The molecular formula is C15H16ClNO2. The van der Waals surface area contributed by atoms with Crippen LogP contribution in [0.5, 0.6) is 11.5 Å². The average Bonchev–Trinajstić information content (AvgIpc) is 2.46. The van der Waals surface area contributed by atoms with Crippen molar-refractivity contribution in [1.82, 2.24) is 0 Å². The predicted molar refractivity (Wildman–Crippen MR) is 78.3 cm³/mol. The first-order chi connectivity index (χ1) is 9.24. The molecule has 19 heavy (non-hydrogen) atoms. The zero-order valence-electron chi connectivity index (χ0n) is 10.9. The Bertz CT molecular complexity index is 543. The van der Waals surface area contributed by atoms with E-state index in [0.29, 0.717) is 23.1 Å².